The number of benzene rings is 2. The highest BCUT2D eigenvalue weighted by Gasteiger charge is 2.33. The van der Waals surface area contributed by atoms with Gasteiger partial charge < -0.3 is 14.9 Å². The van der Waals surface area contributed by atoms with Crippen molar-refractivity contribution in [1.29, 1.82) is 0 Å². The molecule has 0 amide bonds. The van der Waals surface area contributed by atoms with E-state index < -0.39 is 5.92 Å². The Labute approximate surface area is 184 Å². The Morgan fingerprint density at radius 2 is 1.47 bits per heavy atom. The van der Waals surface area contributed by atoms with Gasteiger partial charge in [0.05, 0.1) is 22.6 Å². The summed E-state index contributed by atoms with van der Waals surface area (Å²) in [6.45, 7) is 1.98. The number of ketones is 1. The SMILES string of the molecule is CCOC(=O)C1C/C(=C/c2ccc(O)c(Cl)c2)C(=O)/C(=C/c2ccc(O)c(Cl)c2)C1. The highest BCUT2D eigenvalue weighted by atomic mass is 35.5. The second-order valence-corrected chi connectivity index (χ2v) is 7.76. The van der Waals surface area contributed by atoms with Gasteiger partial charge in [-0.05, 0) is 67.3 Å². The lowest BCUT2D eigenvalue weighted by atomic mass is 9.80. The van der Waals surface area contributed by atoms with Gasteiger partial charge in [-0.25, -0.2) is 0 Å². The van der Waals surface area contributed by atoms with Crippen molar-refractivity contribution in [3.63, 3.8) is 0 Å². The standard InChI is InChI=1S/C23H20Cl2O5/c1-2-30-23(29)17-11-15(7-13-3-5-20(26)18(24)9-13)22(28)16(12-17)8-14-4-6-21(27)19(25)10-14/h3-10,17,26-27H,2,11-12H2,1H3/b15-7-,16-8+. The number of aromatic hydroxyl groups is 2. The monoisotopic (exact) mass is 446 g/mol. The van der Waals surface area contributed by atoms with Gasteiger partial charge in [-0.3, -0.25) is 9.59 Å². The highest BCUT2D eigenvalue weighted by Crippen LogP contribution is 2.35. The lowest BCUT2D eigenvalue weighted by Gasteiger charge is -2.24. The average molecular weight is 447 g/mol. The number of ether oxygens (including phenoxy) is 1. The number of phenols is 2. The summed E-state index contributed by atoms with van der Waals surface area (Å²) in [5.41, 5.74) is 2.16. The number of halogens is 2. The molecule has 156 valence electrons. The van der Waals surface area contributed by atoms with Gasteiger partial charge in [0, 0.05) is 11.1 Å². The molecular formula is C23H20Cl2O5. The molecule has 2 aromatic rings. The van der Waals surface area contributed by atoms with E-state index in [1.54, 1.807) is 43.3 Å². The van der Waals surface area contributed by atoms with Crippen molar-refractivity contribution in [2.75, 3.05) is 6.61 Å². The van der Waals surface area contributed by atoms with Crippen molar-refractivity contribution in [1.82, 2.24) is 0 Å². The molecule has 3 rings (SSSR count). The summed E-state index contributed by atoms with van der Waals surface area (Å²) in [6.07, 6.45) is 3.81. The van der Waals surface area contributed by atoms with Gasteiger partial charge in [-0.15, -0.1) is 0 Å². The molecule has 1 aliphatic rings. The molecule has 1 fully saturated rings. The van der Waals surface area contributed by atoms with Crippen LogP contribution in [0.25, 0.3) is 12.2 Å². The predicted octanol–water partition coefficient (Wildman–Crippen LogP) is 5.41. The molecular weight excluding hydrogens is 427 g/mol. The second-order valence-electron chi connectivity index (χ2n) is 6.95. The number of hydrogen-bond donors (Lipinski definition) is 2. The minimum absolute atomic E-state index is 0.0528. The molecule has 0 radical (unpaired) electrons. The number of carbonyl (C=O) groups is 2. The minimum atomic E-state index is -0.500. The van der Waals surface area contributed by atoms with Crippen molar-refractivity contribution in [3.8, 4) is 11.5 Å². The van der Waals surface area contributed by atoms with E-state index in [0.717, 1.165) is 0 Å². The van der Waals surface area contributed by atoms with E-state index in [-0.39, 0.29) is 52.7 Å². The first-order valence-corrected chi connectivity index (χ1v) is 10.1. The Bertz CT molecular complexity index is 982. The van der Waals surface area contributed by atoms with Crippen molar-refractivity contribution in [2.45, 2.75) is 19.8 Å². The van der Waals surface area contributed by atoms with Crippen molar-refractivity contribution in [3.05, 3.63) is 68.7 Å². The van der Waals surface area contributed by atoms with E-state index in [1.807, 2.05) is 0 Å². The fourth-order valence-corrected chi connectivity index (χ4v) is 3.68. The summed E-state index contributed by atoms with van der Waals surface area (Å²) in [5, 5.41) is 19.6. The number of esters is 1. The zero-order valence-electron chi connectivity index (χ0n) is 16.2. The summed E-state index contributed by atoms with van der Waals surface area (Å²) >= 11 is 11.9. The normalized spacial score (nSPS) is 19.3. The number of carbonyl (C=O) groups excluding carboxylic acids is 2. The van der Waals surface area contributed by atoms with Gasteiger partial charge in [-0.2, -0.15) is 0 Å². The van der Waals surface area contributed by atoms with Crippen LogP contribution >= 0.6 is 23.2 Å². The molecule has 7 heteroatoms. The maximum atomic E-state index is 13.1. The average Bonchev–Trinajstić information content (AvgIpc) is 2.70. The van der Waals surface area contributed by atoms with Gasteiger partial charge in [0.1, 0.15) is 11.5 Å². The summed E-state index contributed by atoms with van der Waals surface area (Å²) in [6, 6.07) is 9.26. The molecule has 5 nitrogen and oxygen atoms in total. The maximum absolute atomic E-state index is 13.1. The van der Waals surface area contributed by atoms with E-state index in [2.05, 4.69) is 0 Å². The molecule has 1 atom stereocenters. The molecule has 2 N–H and O–H groups in total. The van der Waals surface area contributed by atoms with Crippen LogP contribution in [0.15, 0.2) is 47.5 Å². The van der Waals surface area contributed by atoms with Gasteiger partial charge in [-0.1, -0.05) is 35.3 Å². The Morgan fingerprint density at radius 3 is 1.87 bits per heavy atom. The fraction of sp³-hybridized carbons (Fsp3) is 0.217. The fourth-order valence-electron chi connectivity index (χ4n) is 3.30. The minimum Gasteiger partial charge on any atom is -0.506 e. The van der Waals surface area contributed by atoms with Gasteiger partial charge in [0.25, 0.3) is 0 Å². The third-order valence-electron chi connectivity index (χ3n) is 4.76. The third kappa shape index (κ3) is 5.04. The van der Waals surface area contributed by atoms with Crippen molar-refractivity contribution in [2.24, 2.45) is 5.92 Å². The first-order valence-electron chi connectivity index (χ1n) is 9.38. The number of allylic oxidation sites excluding steroid dienone is 2. The molecule has 0 bridgehead atoms. The number of Topliss-reactive ketones (excluding diaryl/α,β-unsaturated/α-hetero) is 1. The van der Waals surface area contributed by atoms with Gasteiger partial charge >= 0.3 is 5.97 Å². The van der Waals surface area contributed by atoms with Crippen LogP contribution in [0, 0.1) is 5.92 Å². The molecule has 1 saturated carbocycles. The Hall–Kier alpha value is -2.76. The van der Waals surface area contributed by atoms with Gasteiger partial charge in [0.15, 0.2) is 5.78 Å². The number of rotatable bonds is 4. The topological polar surface area (TPSA) is 83.8 Å². The van der Waals surface area contributed by atoms with E-state index in [1.165, 1.54) is 12.1 Å². The van der Waals surface area contributed by atoms with Crippen LogP contribution in [0.4, 0.5) is 0 Å². The van der Waals surface area contributed by atoms with E-state index in [0.29, 0.717) is 22.3 Å². The molecule has 0 spiro atoms. The van der Waals surface area contributed by atoms with E-state index >= 15 is 0 Å². The first kappa shape index (κ1) is 21.9. The van der Waals surface area contributed by atoms with Crippen LogP contribution in [0.2, 0.25) is 10.0 Å². The third-order valence-corrected chi connectivity index (χ3v) is 5.37. The number of hydrogen-bond acceptors (Lipinski definition) is 5. The molecule has 30 heavy (non-hydrogen) atoms. The molecule has 1 aliphatic carbocycles. The maximum Gasteiger partial charge on any atom is 0.309 e. The quantitative estimate of drug-likeness (QED) is 0.484. The second kappa shape index (κ2) is 9.37. The summed E-state index contributed by atoms with van der Waals surface area (Å²) < 4.78 is 5.17. The molecule has 0 aromatic heterocycles. The van der Waals surface area contributed by atoms with Crippen LogP contribution in [0.5, 0.6) is 11.5 Å². The summed E-state index contributed by atoms with van der Waals surface area (Å²) in [4.78, 5) is 25.5. The molecule has 0 heterocycles. The molecule has 0 aliphatic heterocycles. The van der Waals surface area contributed by atoms with Gasteiger partial charge in [0.2, 0.25) is 0 Å². The highest BCUT2D eigenvalue weighted by molar-refractivity contribution is 6.32. The van der Waals surface area contributed by atoms with Crippen LogP contribution in [0.1, 0.15) is 30.9 Å². The van der Waals surface area contributed by atoms with Crippen LogP contribution in [-0.4, -0.2) is 28.6 Å². The smallest absolute Gasteiger partial charge is 0.309 e. The summed E-state index contributed by atoms with van der Waals surface area (Å²) in [5.74, 6) is -1.16. The Kier molecular flexibility index (Phi) is 6.85. The zero-order chi connectivity index (χ0) is 21.8. The lowest BCUT2D eigenvalue weighted by Crippen LogP contribution is -2.27. The Morgan fingerprint density at radius 1 is 1.00 bits per heavy atom. The van der Waals surface area contributed by atoms with Crippen molar-refractivity contribution >= 4 is 47.1 Å². The largest absolute Gasteiger partial charge is 0.506 e. The van der Waals surface area contributed by atoms with Crippen LogP contribution in [-0.2, 0) is 14.3 Å². The van der Waals surface area contributed by atoms with E-state index in [9.17, 15) is 19.8 Å². The predicted molar refractivity (Wildman–Crippen MR) is 117 cm³/mol. The zero-order valence-corrected chi connectivity index (χ0v) is 17.7. The number of phenolic OH excluding ortho intramolecular Hbond substituents is 2. The molecule has 1 unspecified atom stereocenters. The Balaban J connectivity index is 2.01. The van der Waals surface area contributed by atoms with E-state index in [4.69, 9.17) is 27.9 Å². The molecule has 0 saturated heterocycles. The van der Waals surface area contributed by atoms with Crippen LogP contribution in [0.3, 0.4) is 0 Å². The molecule has 2 aromatic carbocycles. The first-order chi connectivity index (χ1) is 14.3. The lowest BCUT2D eigenvalue weighted by molar-refractivity contribution is -0.148. The summed E-state index contributed by atoms with van der Waals surface area (Å²) in [7, 11) is 0. The van der Waals surface area contributed by atoms with Crippen LogP contribution < -0.4 is 0 Å². The van der Waals surface area contributed by atoms with Crippen molar-refractivity contribution < 1.29 is 24.5 Å².